The first-order valence-corrected chi connectivity index (χ1v) is 7.11. The SMILES string of the molecule is CC(C)OC(=O)CCC(=O)N1CCN(C(C)C)CC1. The molecule has 0 aliphatic carbocycles. The molecule has 0 saturated carbocycles. The third kappa shape index (κ3) is 5.59. The quantitative estimate of drug-likeness (QED) is 0.706. The second kappa shape index (κ2) is 7.48. The Morgan fingerprint density at radius 3 is 2.05 bits per heavy atom. The van der Waals surface area contributed by atoms with Gasteiger partial charge in [-0.25, -0.2) is 0 Å². The number of ether oxygens (including phenoxy) is 1. The maximum absolute atomic E-state index is 12.0. The standard InChI is InChI=1S/C14H26N2O3/c1-11(2)15-7-9-16(10-8-15)13(17)5-6-14(18)19-12(3)4/h11-12H,5-10H2,1-4H3. The lowest BCUT2D eigenvalue weighted by molar-refractivity contribution is -0.149. The normalized spacial score (nSPS) is 17.1. The van der Waals surface area contributed by atoms with Crippen LogP contribution in [0.3, 0.4) is 0 Å². The molecule has 0 spiro atoms. The molecule has 19 heavy (non-hydrogen) atoms. The summed E-state index contributed by atoms with van der Waals surface area (Å²) in [4.78, 5) is 27.6. The summed E-state index contributed by atoms with van der Waals surface area (Å²) in [7, 11) is 0. The van der Waals surface area contributed by atoms with E-state index < -0.39 is 0 Å². The largest absolute Gasteiger partial charge is 0.463 e. The van der Waals surface area contributed by atoms with Crippen LogP contribution in [0.15, 0.2) is 0 Å². The van der Waals surface area contributed by atoms with Gasteiger partial charge in [-0.3, -0.25) is 14.5 Å². The van der Waals surface area contributed by atoms with E-state index in [1.165, 1.54) is 0 Å². The Balaban J connectivity index is 2.26. The number of rotatable bonds is 5. The molecular formula is C14H26N2O3. The maximum atomic E-state index is 12.0. The van der Waals surface area contributed by atoms with Gasteiger partial charge in [0.2, 0.25) is 5.91 Å². The first kappa shape index (κ1) is 16.0. The van der Waals surface area contributed by atoms with Crippen LogP contribution in [0.2, 0.25) is 0 Å². The highest BCUT2D eigenvalue weighted by atomic mass is 16.5. The Kier molecular flexibility index (Phi) is 6.28. The number of hydrogen-bond donors (Lipinski definition) is 0. The van der Waals surface area contributed by atoms with E-state index in [9.17, 15) is 9.59 Å². The van der Waals surface area contributed by atoms with Crippen molar-refractivity contribution < 1.29 is 14.3 Å². The third-order valence-electron chi connectivity index (χ3n) is 3.31. The maximum Gasteiger partial charge on any atom is 0.306 e. The van der Waals surface area contributed by atoms with Gasteiger partial charge in [0.05, 0.1) is 12.5 Å². The first-order valence-electron chi connectivity index (χ1n) is 7.11. The molecule has 1 rings (SSSR count). The molecule has 5 nitrogen and oxygen atoms in total. The van der Waals surface area contributed by atoms with Gasteiger partial charge in [-0.1, -0.05) is 0 Å². The van der Waals surface area contributed by atoms with E-state index in [1.54, 1.807) is 0 Å². The van der Waals surface area contributed by atoms with Crippen molar-refractivity contribution in [2.45, 2.75) is 52.7 Å². The average molecular weight is 270 g/mol. The molecule has 5 heteroatoms. The zero-order valence-electron chi connectivity index (χ0n) is 12.5. The summed E-state index contributed by atoms with van der Waals surface area (Å²) >= 11 is 0. The molecule has 1 aliphatic rings. The van der Waals surface area contributed by atoms with Gasteiger partial charge in [-0.2, -0.15) is 0 Å². The number of amides is 1. The van der Waals surface area contributed by atoms with Gasteiger partial charge in [-0.15, -0.1) is 0 Å². The summed E-state index contributed by atoms with van der Waals surface area (Å²) in [6.07, 6.45) is 0.325. The van der Waals surface area contributed by atoms with Gasteiger partial charge in [0, 0.05) is 38.6 Å². The second-order valence-corrected chi connectivity index (χ2v) is 5.55. The van der Waals surface area contributed by atoms with Crippen molar-refractivity contribution in [1.29, 1.82) is 0 Å². The molecule has 1 heterocycles. The molecule has 1 amide bonds. The highest BCUT2D eigenvalue weighted by Crippen LogP contribution is 2.08. The lowest BCUT2D eigenvalue weighted by Crippen LogP contribution is -2.50. The van der Waals surface area contributed by atoms with Crippen LogP contribution in [-0.4, -0.2) is 60.0 Å². The van der Waals surface area contributed by atoms with Crippen LogP contribution < -0.4 is 0 Å². The summed E-state index contributed by atoms with van der Waals surface area (Å²) in [6.45, 7) is 11.3. The fourth-order valence-electron chi connectivity index (χ4n) is 2.18. The molecule has 0 unspecified atom stereocenters. The van der Waals surface area contributed by atoms with E-state index >= 15 is 0 Å². The number of hydrogen-bond acceptors (Lipinski definition) is 4. The Morgan fingerprint density at radius 2 is 1.58 bits per heavy atom. The van der Waals surface area contributed by atoms with E-state index in [4.69, 9.17) is 4.74 Å². The van der Waals surface area contributed by atoms with E-state index in [0.29, 0.717) is 6.04 Å². The number of esters is 1. The van der Waals surface area contributed by atoms with E-state index in [1.807, 2.05) is 18.7 Å². The second-order valence-electron chi connectivity index (χ2n) is 5.55. The summed E-state index contributed by atoms with van der Waals surface area (Å²) in [5, 5.41) is 0. The van der Waals surface area contributed by atoms with Crippen molar-refractivity contribution in [3.05, 3.63) is 0 Å². The molecule has 1 fully saturated rings. The van der Waals surface area contributed by atoms with Gasteiger partial charge < -0.3 is 9.64 Å². The van der Waals surface area contributed by atoms with Crippen molar-refractivity contribution in [2.24, 2.45) is 0 Å². The molecule has 0 aromatic rings. The minimum Gasteiger partial charge on any atom is -0.463 e. The molecule has 0 aromatic carbocycles. The number of piperazine rings is 1. The Labute approximate surface area is 115 Å². The monoisotopic (exact) mass is 270 g/mol. The predicted octanol–water partition coefficient (Wildman–Crippen LogP) is 1.27. The van der Waals surface area contributed by atoms with Crippen molar-refractivity contribution >= 4 is 11.9 Å². The highest BCUT2D eigenvalue weighted by Gasteiger charge is 2.22. The van der Waals surface area contributed by atoms with Gasteiger partial charge in [-0.05, 0) is 27.7 Å². The molecule has 0 N–H and O–H groups in total. The summed E-state index contributed by atoms with van der Waals surface area (Å²) in [6, 6.07) is 0.526. The fourth-order valence-corrected chi connectivity index (χ4v) is 2.18. The fraction of sp³-hybridized carbons (Fsp3) is 0.857. The van der Waals surface area contributed by atoms with Crippen molar-refractivity contribution in [3.8, 4) is 0 Å². The minimum absolute atomic E-state index is 0.0594. The van der Waals surface area contributed by atoms with Gasteiger partial charge in [0.1, 0.15) is 0 Å². The molecular weight excluding hydrogens is 244 g/mol. The minimum atomic E-state index is -0.288. The predicted molar refractivity (Wildman–Crippen MR) is 73.8 cm³/mol. The van der Waals surface area contributed by atoms with Crippen LogP contribution in [0, 0.1) is 0 Å². The van der Waals surface area contributed by atoms with E-state index in [2.05, 4.69) is 18.7 Å². The molecule has 0 bridgehead atoms. The van der Waals surface area contributed by atoms with Crippen LogP contribution in [0.1, 0.15) is 40.5 Å². The van der Waals surface area contributed by atoms with E-state index in [-0.39, 0.29) is 30.8 Å². The molecule has 0 aromatic heterocycles. The van der Waals surface area contributed by atoms with Gasteiger partial charge in [0.25, 0.3) is 0 Å². The summed E-state index contributed by atoms with van der Waals surface area (Å²) in [5.74, 6) is -0.228. The zero-order chi connectivity index (χ0) is 14.4. The highest BCUT2D eigenvalue weighted by molar-refractivity contribution is 5.81. The van der Waals surface area contributed by atoms with Crippen molar-refractivity contribution in [1.82, 2.24) is 9.80 Å². The molecule has 1 aliphatic heterocycles. The molecule has 110 valence electrons. The van der Waals surface area contributed by atoms with E-state index in [0.717, 1.165) is 26.2 Å². The summed E-state index contributed by atoms with van der Waals surface area (Å²) in [5.41, 5.74) is 0. The van der Waals surface area contributed by atoms with Crippen molar-refractivity contribution in [2.75, 3.05) is 26.2 Å². The molecule has 0 radical (unpaired) electrons. The Bertz CT molecular complexity index is 308. The van der Waals surface area contributed by atoms with Crippen LogP contribution >= 0.6 is 0 Å². The number of nitrogens with zero attached hydrogens (tertiary/aromatic N) is 2. The third-order valence-corrected chi connectivity index (χ3v) is 3.31. The van der Waals surface area contributed by atoms with Crippen molar-refractivity contribution in [3.63, 3.8) is 0 Å². The zero-order valence-corrected chi connectivity index (χ0v) is 12.5. The topological polar surface area (TPSA) is 49.9 Å². The Morgan fingerprint density at radius 1 is 1.00 bits per heavy atom. The molecule has 0 atom stereocenters. The number of carbonyl (C=O) groups excluding carboxylic acids is 2. The first-order chi connectivity index (χ1) is 8.90. The van der Waals surface area contributed by atoms with Crippen LogP contribution in [0.5, 0.6) is 0 Å². The van der Waals surface area contributed by atoms with Gasteiger partial charge in [0.15, 0.2) is 0 Å². The van der Waals surface area contributed by atoms with Gasteiger partial charge >= 0.3 is 5.97 Å². The van der Waals surface area contributed by atoms with Crippen LogP contribution in [0.4, 0.5) is 0 Å². The van der Waals surface area contributed by atoms with Crippen LogP contribution in [0.25, 0.3) is 0 Å². The Hall–Kier alpha value is -1.10. The molecule has 1 saturated heterocycles. The smallest absolute Gasteiger partial charge is 0.306 e. The lowest BCUT2D eigenvalue weighted by atomic mass is 10.2. The average Bonchev–Trinajstić information content (AvgIpc) is 2.35. The lowest BCUT2D eigenvalue weighted by Gasteiger charge is -2.36. The van der Waals surface area contributed by atoms with Crippen LogP contribution in [-0.2, 0) is 14.3 Å². The summed E-state index contributed by atoms with van der Waals surface area (Å²) < 4.78 is 5.02. The number of carbonyl (C=O) groups is 2.